The van der Waals surface area contributed by atoms with Crippen LogP contribution in [0.15, 0.2) is 70.7 Å². The SMILES string of the molecule is COc1ccc(Cn2cccc(C(=O)N/N=C\c3ccc(OC(C)C)c(Cl)c3)c2=O)cc1. The fourth-order valence-corrected chi connectivity index (χ4v) is 3.17. The van der Waals surface area contributed by atoms with Gasteiger partial charge in [0.15, 0.2) is 0 Å². The van der Waals surface area contributed by atoms with Gasteiger partial charge < -0.3 is 14.0 Å². The third-order valence-electron chi connectivity index (χ3n) is 4.48. The highest BCUT2D eigenvalue weighted by Gasteiger charge is 2.12. The van der Waals surface area contributed by atoms with Crippen LogP contribution in [0.2, 0.25) is 5.02 Å². The van der Waals surface area contributed by atoms with Crippen LogP contribution in [0.25, 0.3) is 0 Å². The normalized spacial score (nSPS) is 11.0. The Morgan fingerprint density at radius 3 is 2.59 bits per heavy atom. The van der Waals surface area contributed by atoms with Gasteiger partial charge in [-0.15, -0.1) is 0 Å². The van der Waals surface area contributed by atoms with E-state index in [2.05, 4.69) is 10.5 Å². The van der Waals surface area contributed by atoms with Gasteiger partial charge in [-0.25, -0.2) is 5.43 Å². The highest BCUT2D eigenvalue weighted by atomic mass is 35.5. The molecule has 0 spiro atoms. The topological polar surface area (TPSA) is 81.9 Å². The van der Waals surface area contributed by atoms with Crippen molar-refractivity contribution in [2.24, 2.45) is 5.10 Å². The van der Waals surface area contributed by atoms with E-state index >= 15 is 0 Å². The van der Waals surface area contributed by atoms with Crippen LogP contribution in [0.1, 0.15) is 35.3 Å². The largest absolute Gasteiger partial charge is 0.497 e. The van der Waals surface area contributed by atoms with Gasteiger partial charge in [0.25, 0.3) is 11.5 Å². The van der Waals surface area contributed by atoms with E-state index in [-0.39, 0.29) is 11.7 Å². The average Bonchev–Trinajstić information content (AvgIpc) is 2.77. The van der Waals surface area contributed by atoms with Gasteiger partial charge in [-0.3, -0.25) is 9.59 Å². The fourth-order valence-electron chi connectivity index (χ4n) is 2.93. The summed E-state index contributed by atoms with van der Waals surface area (Å²) in [6.07, 6.45) is 3.09. The number of pyridine rings is 1. The molecule has 3 aromatic rings. The Morgan fingerprint density at radius 1 is 1.19 bits per heavy atom. The molecule has 0 aliphatic rings. The maximum Gasteiger partial charge on any atom is 0.276 e. The third-order valence-corrected chi connectivity index (χ3v) is 4.77. The Morgan fingerprint density at radius 2 is 1.94 bits per heavy atom. The molecule has 32 heavy (non-hydrogen) atoms. The summed E-state index contributed by atoms with van der Waals surface area (Å²) < 4.78 is 12.2. The number of nitrogens with one attached hydrogen (secondary N) is 1. The number of carbonyl (C=O) groups is 1. The molecule has 0 atom stereocenters. The lowest BCUT2D eigenvalue weighted by Gasteiger charge is -2.11. The van der Waals surface area contributed by atoms with Gasteiger partial charge in [0, 0.05) is 6.20 Å². The molecule has 1 amide bonds. The van der Waals surface area contributed by atoms with Crippen molar-refractivity contribution in [3.8, 4) is 11.5 Å². The molecule has 0 saturated heterocycles. The Labute approximate surface area is 191 Å². The third kappa shape index (κ3) is 5.98. The van der Waals surface area contributed by atoms with Gasteiger partial charge in [0.1, 0.15) is 17.1 Å². The summed E-state index contributed by atoms with van der Waals surface area (Å²) in [5, 5.41) is 4.38. The molecule has 3 rings (SSSR count). The van der Waals surface area contributed by atoms with Gasteiger partial charge in [-0.05, 0) is 67.4 Å². The van der Waals surface area contributed by atoms with Crippen molar-refractivity contribution in [2.45, 2.75) is 26.5 Å². The summed E-state index contributed by atoms with van der Waals surface area (Å²) in [5.74, 6) is 0.709. The van der Waals surface area contributed by atoms with Crippen molar-refractivity contribution >= 4 is 23.7 Å². The number of carbonyl (C=O) groups excluding carboxylic acids is 1. The first-order valence-electron chi connectivity index (χ1n) is 9.99. The van der Waals surface area contributed by atoms with Crippen molar-refractivity contribution in [1.29, 1.82) is 0 Å². The minimum Gasteiger partial charge on any atom is -0.497 e. The fraction of sp³-hybridized carbons (Fsp3) is 0.208. The molecule has 0 saturated carbocycles. The van der Waals surface area contributed by atoms with Crippen LogP contribution in [0.5, 0.6) is 11.5 Å². The monoisotopic (exact) mass is 453 g/mol. The Bertz CT molecular complexity index is 1170. The standard InChI is InChI=1S/C24H24ClN3O4/c1-16(2)32-22-11-8-18(13-21(22)25)14-26-27-23(29)20-5-4-12-28(24(20)30)15-17-6-9-19(31-3)10-7-17/h4-14,16H,15H2,1-3H3,(H,27,29)/b26-14-. The van der Waals surface area contributed by atoms with E-state index in [0.29, 0.717) is 22.9 Å². The first-order chi connectivity index (χ1) is 15.4. The minimum atomic E-state index is -0.596. The van der Waals surface area contributed by atoms with Gasteiger partial charge in [-0.2, -0.15) is 5.10 Å². The molecule has 7 nitrogen and oxygen atoms in total. The van der Waals surface area contributed by atoms with Crippen LogP contribution in [-0.4, -0.2) is 29.9 Å². The lowest BCUT2D eigenvalue weighted by molar-refractivity contribution is 0.0953. The summed E-state index contributed by atoms with van der Waals surface area (Å²) >= 11 is 6.21. The molecule has 1 N–H and O–H groups in total. The Kier molecular flexibility index (Phi) is 7.68. The minimum absolute atomic E-state index is 0.00289. The molecular weight excluding hydrogens is 430 g/mol. The van der Waals surface area contributed by atoms with Crippen LogP contribution >= 0.6 is 11.6 Å². The number of amides is 1. The summed E-state index contributed by atoms with van der Waals surface area (Å²) in [7, 11) is 1.59. The number of ether oxygens (including phenoxy) is 2. The summed E-state index contributed by atoms with van der Waals surface area (Å²) in [6, 6.07) is 15.7. The van der Waals surface area contributed by atoms with E-state index in [1.165, 1.54) is 16.8 Å². The predicted molar refractivity (Wildman–Crippen MR) is 125 cm³/mol. The van der Waals surface area contributed by atoms with E-state index in [4.69, 9.17) is 21.1 Å². The number of hydrazone groups is 1. The van der Waals surface area contributed by atoms with E-state index in [1.54, 1.807) is 37.6 Å². The zero-order valence-corrected chi connectivity index (χ0v) is 18.8. The second kappa shape index (κ2) is 10.6. The molecule has 0 fully saturated rings. The molecule has 8 heteroatoms. The van der Waals surface area contributed by atoms with Crippen LogP contribution in [0.3, 0.4) is 0 Å². The number of benzene rings is 2. The van der Waals surface area contributed by atoms with Crippen molar-refractivity contribution in [1.82, 2.24) is 9.99 Å². The highest BCUT2D eigenvalue weighted by Crippen LogP contribution is 2.25. The maximum atomic E-state index is 12.7. The van der Waals surface area contributed by atoms with Crippen molar-refractivity contribution < 1.29 is 14.3 Å². The number of hydrogen-bond acceptors (Lipinski definition) is 5. The molecule has 1 aromatic heterocycles. The van der Waals surface area contributed by atoms with E-state index in [1.807, 2.05) is 38.1 Å². The molecule has 1 heterocycles. The predicted octanol–water partition coefficient (Wildman–Crippen LogP) is 4.11. The van der Waals surface area contributed by atoms with Crippen molar-refractivity contribution in [2.75, 3.05) is 7.11 Å². The number of halogens is 1. The quantitative estimate of drug-likeness (QED) is 0.411. The van der Waals surface area contributed by atoms with Crippen LogP contribution in [0, 0.1) is 0 Å². The Balaban J connectivity index is 1.68. The first-order valence-corrected chi connectivity index (χ1v) is 10.4. The van der Waals surface area contributed by atoms with Crippen LogP contribution < -0.4 is 20.5 Å². The molecule has 166 valence electrons. The number of methoxy groups -OCH3 is 1. The number of nitrogens with zero attached hydrogens (tertiary/aromatic N) is 2. The molecule has 2 aromatic carbocycles. The molecular formula is C24H24ClN3O4. The van der Waals surface area contributed by atoms with Crippen molar-refractivity contribution in [3.05, 3.63) is 92.9 Å². The molecule has 0 aliphatic heterocycles. The van der Waals surface area contributed by atoms with E-state index < -0.39 is 11.5 Å². The smallest absolute Gasteiger partial charge is 0.276 e. The first kappa shape index (κ1) is 23.1. The lowest BCUT2D eigenvalue weighted by atomic mass is 10.2. The summed E-state index contributed by atoms with van der Waals surface area (Å²) in [5.41, 5.74) is 3.56. The van der Waals surface area contributed by atoms with Crippen LogP contribution in [-0.2, 0) is 6.54 Å². The van der Waals surface area contributed by atoms with Gasteiger partial charge in [-0.1, -0.05) is 23.7 Å². The molecule has 0 bridgehead atoms. The zero-order valence-electron chi connectivity index (χ0n) is 18.0. The lowest BCUT2D eigenvalue weighted by Crippen LogP contribution is -2.30. The highest BCUT2D eigenvalue weighted by molar-refractivity contribution is 6.32. The van der Waals surface area contributed by atoms with Gasteiger partial charge in [0.05, 0.1) is 31.0 Å². The summed E-state index contributed by atoms with van der Waals surface area (Å²) in [4.78, 5) is 25.2. The number of aromatic nitrogens is 1. The second-order valence-electron chi connectivity index (χ2n) is 7.26. The van der Waals surface area contributed by atoms with E-state index in [0.717, 1.165) is 11.3 Å². The molecule has 0 unspecified atom stereocenters. The Hall–Kier alpha value is -3.58. The molecule has 0 aliphatic carbocycles. The van der Waals surface area contributed by atoms with Crippen LogP contribution in [0.4, 0.5) is 0 Å². The number of hydrogen-bond donors (Lipinski definition) is 1. The molecule has 0 radical (unpaired) electrons. The van der Waals surface area contributed by atoms with E-state index in [9.17, 15) is 9.59 Å². The maximum absolute atomic E-state index is 12.7. The van der Waals surface area contributed by atoms with Gasteiger partial charge >= 0.3 is 0 Å². The number of rotatable bonds is 8. The van der Waals surface area contributed by atoms with Crippen molar-refractivity contribution in [3.63, 3.8) is 0 Å². The average molecular weight is 454 g/mol. The zero-order chi connectivity index (χ0) is 23.1. The van der Waals surface area contributed by atoms with Gasteiger partial charge in [0.2, 0.25) is 0 Å². The summed E-state index contributed by atoms with van der Waals surface area (Å²) in [6.45, 7) is 4.15. The second-order valence-corrected chi connectivity index (χ2v) is 7.67.